The number of hydrogen-bond donors (Lipinski definition) is 0. The van der Waals surface area contributed by atoms with Gasteiger partial charge in [-0.3, -0.25) is 0 Å². The molecule has 0 heterocycles. The fourth-order valence-corrected chi connectivity index (χ4v) is 1.14. The minimum atomic E-state index is 1.03. The molecule has 0 aliphatic carbocycles. The van der Waals surface area contributed by atoms with Crippen molar-refractivity contribution in [3.8, 4) is 0 Å². The van der Waals surface area contributed by atoms with Crippen molar-refractivity contribution in [3.05, 3.63) is 60.3 Å². The number of hydrogen-bond acceptors (Lipinski definition) is 0. The average Bonchev–Trinajstić information content (AvgIpc) is 2.30. The highest BCUT2D eigenvalue weighted by molar-refractivity contribution is 5.46. The van der Waals surface area contributed by atoms with Crippen molar-refractivity contribution >= 4 is 0 Å². The highest BCUT2D eigenvalue weighted by Gasteiger charge is 1.94. The molecule has 0 atom stereocenters. The summed E-state index contributed by atoms with van der Waals surface area (Å²) in [4.78, 5) is 0. The van der Waals surface area contributed by atoms with Gasteiger partial charge < -0.3 is 0 Å². The van der Waals surface area contributed by atoms with Gasteiger partial charge in [0.15, 0.2) is 0 Å². The second-order valence-corrected chi connectivity index (χ2v) is 3.20. The predicted molar refractivity (Wildman–Crippen MR) is 77.6 cm³/mol. The Kier molecular flexibility index (Phi) is 12.6. The monoisotopic (exact) mass is 218 g/mol. The van der Waals surface area contributed by atoms with E-state index < -0.39 is 0 Å². The van der Waals surface area contributed by atoms with Crippen LogP contribution >= 0.6 is 0 Å². The van der Waals surface area contributed by atoms with E-state index in [9.17, 15) is 0 Å². The van der Waals surface area contributed by atoms with Gasteiger partial charge in [0.05, 0.1) is 0 Å². The zero-order chi connectivity index (χ0) is 13.0. The third kappa shape index (κ3) is 8.05. The van der Waals surface area contributed by atoms with Crippen molar-refractivity contribution < 1.29 is 0 Å². The van der Waals surface area contributed by atoms with Gasteiger partial charge in [-0.25, -0.2) is 0 Å². The molecule has 0 aliphatic rings. The second-order valence-electron chi connectivity index (χ2n) is 3.20. The topological polar surface area (TPSA) is 0 Å². The lowest BCUT2D eigenvalue weighted by Crippen LogP contribution is -1.82. The minimum Gasteiger partial charge on any atom is -0.0985 e. The molecular formula is C16H26. The average molecular weight is 218 g/mol. The van der Waals surface area contributed by atoms with Crippen LogP contribution in [0, 0.1) is 0 Å². The molecule has 0 bridgehead atoms. The van der Waals surface area contributed by atoms with Gasteiger partial charge in [0.1, 0.15) is 0 Å². The lowest BCUT2D eigenvalue weighted by atomic mass is 10.0. The first-order valence-corrected chi connectivity index (χ1v) is 5.98. The van der Waals surface area contributed by atoms with Crippen LogP contribution in [-0.2, 0) is 0 Å². The lowest BCUT2D eigenvalue weighted by molar-refractivity contribution is 1.20. The quantitative estimate of drug-likeness (QED) is 0.526. The predicted octanol–water partition coefficient (Wildman–Crippen LogP) is 5.61. The molecule has 0 aromatic carbocycles. The van der Waals surface area contributed by atoms with E-state index in [1.807, 2.05) is 39.8 Å². The van der Waals surface area contributed by atoms with Gasteiger partial charge in [0, 0.05) is 0 Å². The summed E-state index contributed by atoms with van der Waals surface area (Å²) in [5.41, 5.74) is 3.45. The fraction of sp³-hybridized carbons (Fsp3) is 0.375. The van der Waals surface area contributed by atoms with Gasteiger partial charge in [-0.1, -0.05) is 69.9 Å². The molecule has 0 saturated carbocycles. The maximum absolute atomic E-state index is 3.84. The summed E-state index contributed by atoms with van der Waals surface area (Å²) in [6, 6.07) is 0. The number of rotatable bonds is 5. The van der Waals surface area contributed by atoms with Crippen LogP contribution in [-0.4, -0.2) is 0 Å². The van der Waals surface area contributed by atoms with Gasteiger partial charge in [-0.15, -0.1) is 0 Å². The zero-order valence-corrected chi connectivity index (χ0v) is 11.5. The van der Waals surface area contributed by atoms with Crippen LogP contribution in [0.15, 0.2) is 60.3 Å². The Morgan fingerprint density at radius 1 is 1.12 bits per heavy atom. The third-order valence-electron chi connectivity index (χ3n) is 1.84. The molecule has 0 rings (SSSR count). The molecule has 0 aromatic heterocycles. The SMILES string of the molecule is C=CC(=C\C)/C(/C=C\C(=C)C)=C/CC.CC. The van der Waals surface area contributed by atoms with E-state index in [0.717, 1.165) is 12.0 Å². The lowest BCUT2D eigenvalue weighted by Gasteiger charge is -2.02. The van der Waals surface area contributed by atoms with E-state index >= 15 is 0 Å². The first-order chi connectivity index (χ1) is 7.65. The van der Waals surface area contributed by atoms with Crippen LogP contribution in [0.25, 0.3) is 0 Å². The standard InChI is InChI=1S/C14H20.C2H6/c1-6-9-14(11-10-12(4)5)13(7-2)8-3;1-2/h7-11H,2,4,6H2,1,3,5H3;1-2H3/b11-10-,13-8+,14-9+;. The molecule has 0 aromatic rings. The molecule has 0 nitrogen and oxygen atoms in total. The molecule has 90 valence electrons. The maximum Gasteiger partial charge on any atom is -0.0228 e. The largest absolute Gasteiger partial charge is 0.0985 e. The molecule has 0 spiro atoms. The second kappa shape index (κ2) is 11.8. The Balaban J connectivity index is 0. The van der Waals surface area contributed by atoms with Crippen molar-refractivity contribution in [1.82, 2.24) is 0 Å². The van der Waals surface area contributed by atoms with Crippen molar-refractivity contribution in [2.24, 2.45) is 0 Å². The molecule has 0 N–H and O–H groups in total. The van der Waals surface area contributed by atoms with Gasteiger partial charge in [0.2, 0.25) is 0 Å². The van der Waals surface area contributed by atoms with E-state index in [1.54, 1.807) is 0 Å². The molecule has 0 aliphatic heterocycles. The van der Waals surface area contributed by atoms with E-state index in [0.29, 0.717) is 0 Å². The molecule has 0 radical (unpaired) electrons. The van der Waals surface area contributed by atoms with Crippen LogP contribution in [0.1, 0.15) is 41.0 Å². The Morgan fingerprint density at radius 3 is 2.00 bits per heavy atom. The summed E-state index contributed by atoms with van der Waals surface area (Å²) in [6.07, 6.45) is 11.3. The Bertz CT molecular complexity index is 285. The highest BCUT2D eigenvalue weighted by Crippen LogP contribution is 2.14. The van der Waals surface area contributed by atoms with Crippen molar-refractivity contribution in [3.63, 3.8) is 0 Å². The Labute approximate surface area is 102 Å². The Morgan fingerprint density at radius 2 is 1.69 bits per heavy atom. The summed E-state index contributed by atoms with van der Waals surface area (Å²) in [5, 5.41) is 0. The summed E-state index contributed by atoms with van der Waals surface area (Å²) in [7, 11) is 0. The van der Waals surface area contributed by atoms with Crippen LogP contribution in [0.4, 0.5) is 0 Å². The zero-order valence-electron chi connectivity index (χ0n) is 11.5. The van der Waals surface area contributed by atoms with E-state index in [-0.39, 0.29) is 0 Å². The molecule has 0 saturated heterocycles. The van der Waals surface area contributed by atoms with Crippen LogP contribution in [0.3, 0.4) is 0 Å². The normalized spacial score (nSPS) is 12.1. The summed E-state index contributed by atoms with van der Waals surface area (Å²) >= 11 is 0. The van der Waals surface area contributed by atoms with E-state index in [4.69, 9.17) is 0 Å². The molecule has 0 fully saturated rings. The van der Waals surface area contributed by atoms with E-state index in [1.165, 1.54) is 11.1 Å². The smallest absolute Gasteiger partial charge is 0.0228 e. The van der Waals surface area contributed by atoms with Crippen LogP contribution in [0.2, 0.25) is 0 Å². The Hall–Kier alpha value is -1.30. The third-order valence-corrected chi connectivity index (χ3v) is 1.84. The molecule has 0 heteroatoms. The van der Waals surface area contributed by atoms with Gasteiger partial charge in [0.25, 0.3) is 0 Å². The van der Waals surface area contributed by atoms with Gasteiger partial charge >= 0.3 is 0 Å². The number of allylic oxidation sites excluding steroid dienone is 8. The minimum absolute atomic E-state index is 1.03. The summed E-state index contributed by atoms with van der Waals surface area (Å²) in [6.45, 7) is 17.8. The molecule has 16 heavy (non-hydrogen) atoms. The van der Waals surface area contributed by atoms with Gasteiger partial charge in [-0.05, 0) is 31.4 Å². The molecular weight excluding hydrogens is 192 g/mol. The molecule has 0 unspecified atom stereocenters. The summed E-state index contributed by atoms with van der Waals surface area (Å²) in [5.74, 6) is 0. The van der Waals surface area contributed by atoms with Gasteiger partial charge in [-0.2, -0.15) is 0 Å². The first-order valence-electron chi connectivity index (χ1n) is 5.98. The van der Waals surface area contributed by atoms with Crippen molar-refractivity contribution in [2.75, 3.05) is 0 Å². The van der Waals surface area contributed by atoms with Crippen LogP contribution < -0.4 is 0 Å². The molecule has 0 amide bonds. The summed E-state index contributed by atoms with van der Waals surface area (Å²) < 4.78 is 0. The first kappa shape index (κ1) is 17.1. The van der Waals surface area contributed by atoms with Crippen molar-refractivity contribution in [2.45, 2.75) is 41.0 Å². The van der Waals surface area contributed by atoms with E-state index in [2.05, 4.69) is 38.3 Å². The maximum atomic E-state index is 3.84. The van der Waals surface area contributed by atoms with Crippen LogP contribution in [0.5, 0.6) is 0 Å². The highest BCUT2D eigenvalue weighted by atomic mass is 14.0. The van der Waals surface area contributed by atoms with Crippen molar-refractivity contribution in [1.29, 1.82) is 0 Å². The fourth-order valence-electron chi connectivity index (χ4n) is 1.14.